The molecule has 0 spiro atoms. The molecule has 1 aliphatic heterocycles. The Morgan fingerprint density at radius 3 is 2.81 bits per heavy atom. The van der Waals surface area contributed by atoms with E-state index in [0.717, 1.165) is 25.9 Å². The molecular weight excluding hydrogens is 252 g/mol. The first kappa shape index (κ1) is 14.2. The Balaban J connectivity index is 2.12. The van der Waals surface area contributed by atoms with Gasteiger partial charge in [0.05, 0.1) is 6.16 Å². The highest BCUT2D eigenvalue weighted by Crippen LogP contribution is 2.38. The van der Waals surface area contributed by atoms with Crippen molar-refractivity contribution in [3.63, 3.8) is 0 Å². The molecule has 1 aliphatic rings. The molecule has 0 radical (unpaired) electrons. The number of rotatable bonds is 6. The molecule has 94 valence electrons. The molecular formula is C8H18NO5P2+. The van der Waals surface area contributed by atoms with Gasteiger partial charge in [0.1, 0.15) is 6.61 Å². The maximum Gasteiger partial charge on any atom is 0.508 e. The standard InChI is InChI=1S/C8H17NO5P2/c10-15(4-5-16(11,12)13)14-7-8-2-1-3-9-6-8/h8-9H,1-7H2,(H-,11,12,13)/p+1. The van der Waals surface area contributed by atoms with E-state index in [2.05, 4.69) is 5.32 Å². The minimum atomic E-state index is -4.05. The van der Waals surface area contributed by atoms with Crippen LogP contribution in [-0.2, 0) is 13.7 Å². The first-order chi connectivity index (χ1) is 7.47. The number of piperidine rings is 1. The molecule has 8 heteroatoms. The predicted octanol–water partition coefficient (Wildman–Crippen LogP) is 0.923. The van der Waals surface area contributed by atoms with Crippen molar-refractivity contribution in [2.75, 3.05) is 32.0 Å². The summed E-state index contributed by atoms with van der Waals surface area (Å²) in [5.74, 6) is 0.364. The lowest BCUT2D eigenvalue weighted by atomic mass is 10.0. The molecule has 0 aliphatic carbocycles. The van der Waals surface area contributed by atoms with Gasteiger partial charge in [0.2, 0.25) is 0 Å². The second-order valence-electron chi connectivity index (χ2n) is 3.95. The first-order valence-electron chi connectivity index (χ1n) is 5.30. The maximum absolute atomic E-state index is 11.3. The molecule has 0 aromatic carbocycles. The molecule has 0 bridgehead atoms. The Morgan fingerprint density at radius 2 is 2.25 bits per heavy atom. The lowest BCUT2D eigenvalue weighted by Crippen LogP contribution is -2.31. The van der Waals surface area contributed by atoms with Gasteiger partial charge in [-0.3, -0.25) is 4.57 Å². The Kier molecular flexibility index (Phi) is 6.05. The molecule has 0 aromatic rings. The summed E-state index contributed by atoms with van der Waals surface area (Å²) in [6.45, 7) is 2.28. The average Bonchev–Trinajstić information content (AvgIpc) is 2.24. The van der Waals surface area contributed by atoms with Gasteiger partial charge in [-0.05, 0) is 29.9 Å². The molecule has 6 nitrogen and oxygen atoms in total. The van der Waals surface area contributed by atoms with Gasteiger partial charge in [-0.15, -0.1) is 4.52 Å². The Bertz CT molecular complexity index is 274. The van der Waals surface area contributed by atoms with Crippen molar-refractivity contribution in [3.8, 4) is 0 Å². The van der Waals surface area contributed by atoms with E-state index >= 15 is 0 Å². The van der Waals surface area contributed by atoms with E-state index in [1.807, 2.05) is 0 Å². The summed E-state index contributed by atoms with van der Waals surface area (Å²) in [6, 6.07) is 0. The van der Waals surface area contributed by atoms with Crippen LogP contribution in [0.15, 0.2) is 0 Å². The largest absolute Gasteiger partial charge is 0.508 e. The zero-order valence-electron chi connectivity index (χ0n) is 9.04. The Hall–Kier alpha value is 0.170. The van der Waals surface area contributed by atoms with E-state index in [-0.39, 0.29) is 12.3 Å². The monoisotopic (exact) mass is 270 g/mol. The van der Waals surface area contributed by atoms with Gasteiger partial charge in [0.15, 0.2) is 6.16 Å². The van der Waals surface area contributed by atoms with Gasteiger partial charge < -0.3 is 15.1 Å². The summed E-state index contributed by atoms with van der Waals surface area (Å²) in [5.41, 5.74) is 0. The maximum atomic E-state index is 11.3. The summed E-state index contributed by atoms with van der Waals surface area (Å²) in [4.78, 5) is 17.2. The average molecular weight is 270 g/mol. The second-order valence-corrected chi connectivity index (χ2v) is 7.10. The fraction of sp³-hybridized carbons (Fsp3) is 1.00. The highest BCUT2D eigenvalue weighted by Gasteiger charge is 2.26. The predicted molar refractivity (Wildman–Crippen MR) is 60.9 cm³/mol. The third kappa shape index (κ3) is 6.69. The molecule has 16 heavy (non-hydrogen) atoms. The summed E-state index contributed by atoms with van der Waals surface area (Å²) < 4.78 is 26.9. The molecule has 0 saturated carbocycles. The molecule has 3 N–H and O–H groups in total. The van der Waals surface area contributed by atoms with Crippen LogP contribution >= 0.6 is 15.6 Å². The van der Waals surface area contributed by atoms with Gasteiger partial charge in [-0.1, -0.05) is 0 Å². The molecule has 1 rings (SSSR count). The lowest BCUT2D eigenvalue weighted by molar-refractivity contribution is 0.228. The van der Waals surface area contributed by atoms with Gasteiger partial charge in [0, 0.05) is 6.54 Å². The minimum absolute atomic E-state index is 0.0697. The van der Waals surface area contributed by atoms with Crippen LogP contribution < -0.4 is 5.32 Å². The van der Waals surface area contributed by atoms with Crippen molar-refractivity contribution in [2.45, 2.75) is 12.8 Å². The molecule has 1 fully saturated rings. The molecule has 2 unspecified atom stereocenters. The fourth-order valence-electron chi connectivity index (χ4n) is 1.53. The quantitative estimate of drug-likeness (QED) is 0.621. The van der Waals surface area contributed by atoms with Crippen molar-refractivity contribution in [1.82, 2.24) is 5.32 Å². The topological polar surface area (TPSA) is 95.9 Å². The van der Waals surface area contributed by atoms with E-state index in [0.29, 0.717) is 12.5 Å². The Labute approximate surface area is 95.8 Å². The fourth-order valence-corrected chi connectivity index (χ4v) is 3.73. The van der Waals surface area contributed by atoms with Crippen molar-refractivity contribution < 1.29 is 23.4 Å². The SMILES string of the molecule is O=[P+](CCP(=O)(O)O)OCC1CCCNC1. The van der Waals surface area contributed by atoms with Crippen LogP contribution in [0.4, 0.5) is 0 Å². The minimum Gasteiger partial charge on any atom is -0.324 e. The number of nitrogens with one attached hydrogen (secondary N) is 1. The van der Waals surface area contributed by atoms with E-state index in [1.54, 1.807) is 0 Å². The second kappa shape index (κ2) is 6.80. The molecule has 1 saturated heterocycles. The van der Waals surface area contributed by atoms with E-state index in [4.69, 9.17) is 14.3 Å². The first-order valence-corrected chi connectivity index (χ1v) is 8.46. The molecule has 2 atom stereocenters. The van der Waals surface area contributed by atoms with Gasteiger partial charge in [-0.2, -0.15) is 0 Å². The highest BCUT2D eigenvalue weighted by molar-refractivity contribution is 7.53. The third-order valence-corrected chi connectivity index (χ3v) is 4.61. The normalized spacial score (nSPS) is 23.1. The van der Waals surface area contributed by atoms with Crippen LogP contribution in [0.3, 0.4) is 0 Å². The summed E-state index contributed by atoms with van der Waals surface area (Å²) in [7, 11) is -5.99. The summed E-state index contributed by atoms with van der Waals surface area (Å²) >= 11 is 0. The number of hydrogen-bond acceptors (Lipinski definition) is 4. The van der Waals surface area contributed by atoms with Crippen LogP contribution in [0.2, 0.25) is 0 Å². The molecule has 1 heterocycles. The van der Waals surface area contributed by atoms with E-state index in [9.17, 15) is 9.13 Å². The number of hydrogen-bond donors (Lipinski definition) is 3. The van der Waals surface area contributed by atoms with E-state index < -0.39 is 15.6 Å². The van der Waals surface area contributed by atoms with Crippen LogP contribution in [0.25, 0.3) is 0 Å². The smallest absolute Gasteiger partial charge is 0.324 e. The molecule has 0 aromatic heterocycles. The summed E-state index contributed by atoms with van der Waals surface area (Å²) in [6.07, 6.45) is 1.70. The van der Waals surface area contributed by atoms with E-state index in [1.165, 1.54) is 0 Å². The summed E-state index contributed by atoms with van der Waals surface area (Å²) in [5, 5.41) is 3.22. The van der Waals surface area contributed by atoms with Crippen molar-refractivity contribution in [1.29, 1.82) is 0 Å². The lowest BCUT2D eigenvalue weighted by Gasteiger charge is -2.19. The van der Waals surface area contributed by atoms with Crippen LogP contribution in [0, 0.1) is 5.92 Å². The Morgan fingerprint density at radius 1 is 1.50 bits per heavy atom. The van der Waals surface area contributed by atoms with Crippen molar-refractivity contribution in [2.24, 2.45) is 5.92 Å². The highest BCUT2D eigenvalue weighted by atomic mass is 31.2. The third-order valence-electron chi connectivity index (χ3n) is 2.43. The van der Waals surface area contributed by atoms with Crippen LogP contribution in [0.1, 0.15) is 12.8 Å². The van der Waals surface area contributed by atoms with Crippen molar-refractivity contribution in [3.05, 3.63) is 0 Å². The van der Waals surface area contributed by atoms with Gasteiger partial charge in [-0.25, -0.2) is 0 Å². The van der Waals surface area contributed by atoms with Crippen LogP contribution in [-0.4, -0.2) is 41.8 Å². The zero-order valence-corrected chi connectivity index (χ0v) is 10.8. The van der Waals surface area contributed by atoms with Gasteiger partial charge in [0.25, 0.3) is 0 Å². The molecule has 0 amide bonds. The zero-order chi connectivity index (χ0) is 12.0. The van der Waals surface area contributed by atoms with Gasteiger partial charge >= 0.3 is 15.6 Å². The van der Waals surface area contributed by atoms with Crippen LogP contribution in [0.5, 0.6) is 0 Å². The van der Waals surface area contributed by atoms with Crippen molar-refractivity contribution >= 4 is 15.6 Å².